The fourth-order valence-electron chi connectivity index (χ4n) is 2.25. The van der Waals surface area contributed by atoms with E-state index >= 15 is 0 Å². The molecule has 0 aliphatic rings. The minimum absolute atomic E-state index is 0.270. The molecule has 3 aromatic rings. The predicted octanol–water partition coefficient (Wildman–Crippen LogP) is 2.64. The number of hydrogen-bond acceptors (Lipinski definition) is 5. The van der Waals surface area contributed by atoms with Gasteiger partial charge in [-0.25, -0.2) is 9.78 Å². The molecule has 0 unspecified atom stereocenters. The largest absolute Gasteiger partial charge is 0.452 e. The van der Waals surface area contributed by atoms with E-state index in [-0.39, 0.29) is 12.5 Å². The maximum Gasteiger partial charge on any atom is 0.338 e. The minimum Gasteiger partial charge on any atom is -0.452 e. The van der Waals surface area contributed by atoms with Crippen LogP contribution in [0.1, 0.15) is 15.9 Å². The summed E-state index contributed by atoms with van der Waals surface area (Å²) in [5.41, 5.74) is 2.48. The van der Waals surface area contributed by atoms with Crippen LogP contribution >= 0.6 is 0 Å². The monoisotopic (exact) mass is 324 g/mol. The first-order valence-electron chi connectivity index (χ1n) is 7.42. The summed E-state index contributed by atoms with van der Waals surface area (Å²) in [5.74, 6) is -0.845. The van der Waals surface area contributed by atoms with Crippen LogP contribution in [0, 0.1) is 0 Å². The van der Waals surface area contributed by atoms with Gasteiger partial charge in [-0.15, -0.1) is 0 Å². The van der Waals surface area contributed by atoms with Crippen molar-refractivity contribution in [1.29, 1.82) is 0 Å². The topological polar surface area (TPSA) is 72.6 Å². The van der Waals surface area contributed by atoms with E-state index in [1.807, 2.05) is 30.3 Å². The molecule has 3 rings (SSSR count). The highest BCUT2D eigenvalue weighted by Gasteiger charge is 2.14. The van der Waals surface area contributed by atoms with Crippen molar-refractivity contribution >= 4 is 23.0 Å². The maximum absolute atomic E-state index is 12.1. The van der Waals surface area contributed by atoms with Gasteiger partial charge in [0.1, 0.15) is 5.52 Å². The van der Waals surface area contributed by atoms with Gasteiger partial charge in [-0.1, -0.05) is 30.3 Å². The molecule has 2 aromatic carbocycles. The fourth-order valence-corrected chi connectivity index (χ4v) is 2.25. The highest BCUT2D eigenvalue weighted by atomic mass is 16.5. The van der Waals surface area contributed by atoms with Crippen molar-refractivity contribution in [1.82, 2.24) is 9.88 Å². The van der Waals surface area contributed by atoms with Crippen LogP contribution in [0.5, 0.6) is 0 Å². The average molecular weight is 324 g/mol. The lowest BCUT2D eigenvalue weighted by Gasteiger charge is -2.17. The second-order valence-electron chi connectivity index (χ2n) is 5.35. The molecule has 122 valence electrons. The van der Waals surface area contributed by atoms with E-state index in [4.69, 9.17) is 9.15 Å². The van der Waals surface area contributed by atoms with Crippen molar-refractivity contribution in [3.8, 4) is 0 Å². The number of carbonyl (C=O) groups is 2. The van der Waals surface area contributed by atoms with Crippen molar-refractivity contribution in [3.63, 3.8) is 0 Å². The number of nitrogens with zero attached hydrogens (tertiary/aromatic N) is 2. The molecular formula is C18H16N2O4. The van der Waals surface area contributed by atoms with E-state index in [0.717, 1.165) is 5.56 Å². The Bertz CT molecular complexity index is 858. The van der Waals surface area contributed by atoms with Crippen LogP contribution in [0.3, 0.4) is 0 Å². The Kier molecular flexibility index (Phi) is 4.56. The van der Waals surface area contributed by atoms with E-state index in [0.29, 0.717) is 23.2 Å². The molecular weight excluding hydrogens is 308 g/mol. The van der Waals surface area contributed by atoms with Crippen LogP contribution in [0.25, 0.3) is 11.1 Å². The number of ether oxygens (including phenoxy) is 1. The minimum atomic E-state index is -0.574. The number of rotatable bonds is 5. The molecule has 0 N–H and O–H groups in total. The van der Waals surface area contributed by atoms with Gasteiger partial charge in [0.05, 0.1) is 5.56 Å². The van der Waals surface area contributed by atoms with Crippen molar-refractivity contribution in [2.45, 2.75) is 6.54 Å². The lowest BCUT2D eigenvalue weighted by molar-refractivity contribution is -0.133. The standard InChI is InChI=1S/C18H16N2O4/c1-20(10-13-5-3-2-4-6-13)17(21)11-23-18(22)14-7-8-15-16(9-14)24-12-19-15/h2-9,12H,10-11H2,1H3. The maximum atomic E-state index is 12.1. The summed E-state index contributed by atoms with van der Waals surface area (Å²) >= 11 is 0. The van der Waals surface area contributed by atoms with Gasteiger partial charge in [-0.2, -0.15) is 0 Å². The number of hydrogen-bond donors (Lipinski definition) is 0. The number of oxazole rings is 1. The molecule has 1 amide bonds. The van der Waals surface area contributed by atoms with Gasteiger partial charge in [0.2, 0.25) is 0 Å². The Hall–Kier alpha value is -3.15. The van der Waals surface area contributed by atoms with Gasteiger partial charge in [-0.3, -0.25) is 4.79 Å². The Morgan fingerprint density at radius 2 is 1.96 bits per heavy atom. The molecule has 0 saturated carbocycles. The number of amides is 1. The Labute approximate surface area is 138 Å². The zero-order valence-corrected chi connectivity index (χ0v) is 13.1. The van der Waals surface area contributed by atoms with Crippen LogP contribution < -0.4 is 0 Å². The van der Waals surface area contributed by atoms with Gasteiger partial charge >= 0.3 is 5.97 Å². The molecule has 0 fully saturated rings. The summed E-state index contributed by atoms with van der Waals surface area (Å²) < 4.78 is 10.2. The van der Waals surface area contributed by atoms with Gasteiger partial charge < -0.3 is 14.1 Å². The van der Waals surface area contributed by atoms with Crippen LogP contribution in [-0.2, 0) is 16.1 Å². The van der Waals surface area contributed by atoms with E-state index in [1.54, 1.807) is 25.2 Å². The predicted molar refractivity (Wildman–Crippen MR) is 87.2 cm³/mol. The van der Waals surface area contributed by atoms with Gasteiger partial charge in [0.15, 0.2) is 18.6 Å². The summed E-state index contributed by atoms with van der Waals surface area (Å²) in [6.07, 6.45) is 1.31. The number of esters is 1. The molecule has 6 nitrogen and oxygen atoms in total. The zero-order chi connectivity index (χ0) is 16.9. The lowest BCUT2D eigenvalue weighted by atomic mass is 10.2. The second kappa shape index (κ2) is 6.95. The number of carbonyl (C=O) groups excluding carboxylic acids is 2. The van der Waals surface area contributed by atoms with Crippen molar-refractivity contribution in [2.24, 2.45) is 0 Å². The summed E-state index contributed by atoms with van der Waals surface area (Å²) in [7, 11) is 1.67. The van der Waals surface area contributed by atoms with Gasteiger partial charge in [-0.05, 0) is 23.8 Å². The normalized spacial score (nSPS) is 10.5. The van der Waals surface area contributed by atoms with Crippen molar-refractivity contribution < 1.29 is 18.7 Å². The van der Waals surface area contributed by atoms with E-state index in [2.05, 4.69) is 4.98 Å². The Balaban J connectivity index is 1.56. The number of aromatic nitrogens is 1. The molecule has 0 radical (unpaired) electrons. The highest BCUT2D eigenvalue weighted by molar-refractivity contribution is 5.94. The molecule has 1 aromatic heterocycles. The first-order valence-corrected chi connectivity index (χ1v) is 7.42. The molecule has 0 saturated heterocycles. The van der Waals surface area contributed by atoms with Gasteiger partial charge in [0.25, 0.3) is 5.91 Å². The third-order valence-corrected chi connectivity index (χ3v) is 3.58. The lowest BCUT2D eigenvalue weighted by Crippen LogP contribution is -2.30. The third-order valence-electron chi connectivity index (χ3n) is 3.58. The number of benzene rings is 2. The second-order valence-corrected chi connectivity index (χ2v) is 5.35. The first kappa shape index (κ1) is 15.7. The summed E-state index contributed by atoms with van der Waals surface area (Å²) in [4.78, 5) is 29.6. The third kappa shape index (κ3) is 3.60. The zero-order valence-electron chi connectivity index (χ0n) is 13.1. The summed E-state index contributed by atoms with van der Waals surface area (Å²) in [5, 5.41) is 0. The molecule has 0 aliphatic carbocycles. The van der Waals surface area contributed by atoms with Crippen LogP contribution in [-0.4, -0.2) is 35.4 Å². The smallest absolute Gasteiger partial charge is 0.338 e. The molecule has 24 heavy (non-hydrogen) atoms. The Morgan fingerprint density at radius 3 is 2.75 bits per heavy atom. The molecule has 0 atom stereocenters. The van der Waals surface area contributed by atoms with E-state index in [1.165, 1.54) is 11.3 Å². The molecule has 0 spiro atoms. The number of likely N-dealkylation sites (N-methyl/N-ethyl adjacent to an activating group) is 1. The SMILES string of the molecule is CN(Cc1ccccc1)C(=O)COC(=O)c1ccc2ncoc2c1. The van der Waals surface area contributed by atoms with Gasteiger partial charge in [0, 0.05) is 13.6 Å². The van der Waals surface area contributed by atoms with Crippen molar-refractivity contribution in [3.05, 3.63) is 66.1 Å². The van der Waals surface area contributed by atoms with E-state index in [9.17, 15) is 9.59 Å². The molecule has 1 heterocycles. The van der Waals surface area contributed by atoms with Crippen LogP contribution in [0.4, 0.5) is 0 Å². The quantitative estimate of drug-likeness (QED) is 0.675. The summed E-state index contributed by atoms with van der Waals surface area (Å²) in [6.45, 7) is 0.151. The highest BCUT2D eigenvalue weighted by Crippen LogP contribution is 2.15. The fraction of sp³-hybridized carbons (Fsp3) is 0.167. The van der Waals surface area contributed by atoms with Crippen LogP contribution in [0.15, 0.2) is 59.3 Å². The van der Waals surface area contributed by atoms with Crippen molar-refractivity contribution in [2.75, 3.05) is 13.7 Å². The first-order chi connectivity index (χ1) is 11.6. The molecule has 0 aliphatic heterocycles. The van der Waals surface area contributed by atoms with Crippen LogP contribution in [0.2, 0.25) is 0 Å². The van der Waals surface area contributed by atoms with E-state index < -0.39 is 5.97 Å². The average Bonchev–Trinajstić information content (AvgIpc) is 3.07. The molecule has 6 heteroatoms. The number of fused-ring (bicyclic) bond motifs is 1. The summed E-state index contributed by atoms with van der Waals surface area (Å²) in [6, 6.07) is 14.4. The molecule has 0 bridgehead atoms. The Morgan fingerprint density at radius 1 is 1.17 bits per heavy atom.